The van der Waals surface area contributed by atoms with E-state index in [-0.39, 0.29) is 16.7 Å². The molecular weight excluding hydrogens is 483 g/mol. The first kappa shape index (κ1) is 25.8. The van der Waals surface area contributed by atoms with Crippen LogP contribution in [0.4, 0.5) is 11.4 Å². The van der Waals surface area contributed by atoms with Crippen molar-refractivity contribution < 1.29 is 27.5 Å². The molecule has 180 valence electrons. The fourth-order valence-electron chi connectivity index (χ4n) is 3.72. The SMILES string of the molecule is CCCCC1CN(c2ccccc2)c2cc(SC)c(O/C=C/P(=O)(O)O)cc2S(=O)(=O)N1C. The second-order valence-corrected chi connectivity index (χ2v) is 12.0. The molecule has 11 heteroatoms. The summed E-state index contributed by atoms with van der Waals surface area (Å²) in [6.07, 6.45) is 5.32. The van der Waals surface area contributed by atoms with Crippen molar-refractivity contribution in [3.63, 3.8) is 0 Å². The third kappa shape index (κ3) is 6.01. The van der Waals surface area contributed by atoms with Crippen LogP contribution in [0.5, 0.6) is 5.75 Å². The summed E-state index contributed by atoms with van der Waals surface area (Å²) in [7, 11) is -6.66. The van der Waals surface area contributed by atoms with Crippen LogP contribution in [0.15, 0.2) is 64.3 Å². The molecule has 8 nitrogen and oxygen atoms in total. The number of nitrogens with zero attached hydrogens (tertiary/aromatic N) is 2. The molecule has 0 spiro atoms. The van der Waals surface area contributed by atoms with E-state index in [1.54, 1.807) is 13.1 Å². The molecule has 1 unspecified atom stereocenters. The van der Waals surface area contributed by atoms with Gasteiger partial charge in [0.1, 0.15) is 10.6 Å². The molecule has 0 saturated heterocycles. The zero-order valence-electron chi connectivity index (χ0n) is 18.8. The highest BCUT2D eigenvalue weighted by molar-refractivity contribution is 7.98. The predicted octanol–water partition coefficient (Wildman–Crippen LogP) is 4.77. The first-order chi connectivity index (χ1) is 15.6. The molecule has 1 aliphatic rings. The minimum Gasteiger partial charge on any atom is -0.463 e. The number of sulfonamides is 1. The molecule has 0 saturated carbocycles. The summed E-state index contributed by atoms with van der Waals surface area (Å²) in [4.78, 5) is 20.9. The van der Waals surface area contributed by atoms with Crippen LogP contribution in [0.2, 0.25) is 0 Å². The van der Waals surface area contributed by atoms with Crippen molar-refractivity contribution in [2.45, 2.75) is 42.0 Å². The minimum absolute atomic E-state index is 0.0882. The number of rotatable bonds is 8. The molecule has 33 heavy (non-hydrogen) atoms. The van der Waals surface area contributed by atoms with Gasteiger partial charge in [0.2, 0.25) is 10.0 Å². The van der Waals surface area contributed by atoms with Gasteiger partial charge in [-0.15, -0.1) is 11.8 Å². The number of hydrogen-bond acceptors (Lipinski definition) is 6. The molecule has 0 amide bonds. The number of likely N-dealkylation sites (N-methyl/N-ethyl adjacent to an activating group) is 1. The molecule has 0 aromatic heterocycles. The van der Waals surface area contributed by atoms with Gasteiger partial charge in [-0.05, 0) is 30.9 Å². The van der Waals surface area contributed by atoms with Gasteiger partial charge in [-0.25, -0.2) is 8.42 Å². The normalized spacial score (nSPS) is 18.8. The van der Waals surface area contributed by atoms with Gasteiger partial charge in [-0.1, -0.05) is 38.0 Å². The Bertz CT molecular complexity index is 1150. The third-order valence-corrected chi connectivity index (χ3v) is 8.72. The van der Waals surface area contributed by atoms with Crippen LogP contribution in [0, 0.1) is 0 Å². The zero-order valence-corrected chi connectivity index (χ0v) is 21.3. The summed E-state index contributed by atoms with van der Waals surface area (Å²) in [6.45, 7) is 2.58. The second kappa shape index (κ2) is 10.6. The number of anilines is 2. The molecular formula is C22H29N2O6PS2. The average molecular weight is 513 g/mol. The summed E-state index contributed by atoms with van der Waals surface area (Å²) in [5.74, 6) is 0.850. The Morgan fingerprint density at radius 2 is 1.94 bits per heavy atom. The van der Waals surface area contributed by atoms with Crippen molar-refractivity contribution in [2.24, 2.45) is 0 Å². The van der Waals surface area contributed by atoms with Gasteiger partial charge in [0.25, 0.3) is 0 Å². The molecule has 0 aliphatic carbocycles. The van der Waals surface area contributed by atoms with Crippen molar-refractivity contribution in [1.29, 1.82) is 0 Å². The van der Waals surface area contributed by atoms with Gasteiger partial charge in [0.05, 0.1) is 22.7 Å². The molecule has 1 heterocycles. The Morgan fingerprint density at radius 1 is 1.24 bits per heavy atom. The first-order valence-corrected chi connectivity index (χ1v) is 14.9. The highest BCUT2D eigenvalue weighted by Crippen LogP contribution is 2.44. The van der Waals surface area contributed by atoms with E-state index in [1.807, 2.05) is 41.5 Å². The molecule has 2 N–H and O–H groups in total. The standard InChI is InChI=1S/C22H29N2O6PS2/c1-4-5-9-18-16-24(17-10-7-6-8-11-17)19-14-21(32-3)20(30-12-13-31(25,26)27)15-22(19)33(28,29)23(18)2/h6-8,10-15,18H,4-5,9,16H2,1-3H3,(H2,25,26,27)/b13-12+. The van der Waals surface area contributed by atoms with Crippen LogP contribution in [-0.4, -0.2) is 48.4 Å². The molecule has 2 aromatic carbocycles. The molecule has 0 fully saturated rings. The van der Waals surface area contributed by atoms with Gasteiger partial charge >= 0.3 is 7.60 Å². The minimum atomic E-state index is -4.41. The monoisotopic (exact) mass is 512 g/mol. The summed E-state index contributed by atoms with van der Waals surface area (Å²) in [5, 5.41) is 0. The molecule has 0 bridgehead atoms. The maximum atomic E-state index is 13.7. The number of thioether (sulfide) groups is 1. The lowest BCUT2D eigenvalue weighted by Crippen LogP contribution is -2.40. The van der Waals surface area contributed by atoms with Crippen LogP contribution in [0.25, 0.3) is 0 Å². The summed E-state index contributed by atoms with van der Waals surface area (Å²) in [6, 6.07) is 12.6. The lowest BCUT2D eigenvalue weighted by Gasteiger charge is -2.29. The van der Waals surface area contributed by atoms with Crippen LogP contribution in [-0.2, 0) is 14.6 Å². The maximum absolute atomic E-state index is 13.7. The van der Waals surface area contributed by atoms with E-state index in [1.165, 1.54) is 22.1 Å². The van der Waals surface area contributed by atoms with Gasteiger partial charge in [-0.3, -0.25) is 4.57 Å². The van der Waals surface area contributed by atoms with Crippen molar-refractivity contribution >= 4 is 40.8 Å². The third-order valence-electron chi connectivity index (χ3n) is 5.51. The fourth-order valence-corrected chi connectivity index (χ4v) is 6.04. The van der Waals surface area contributed by atoms with Crippen molar-refractivity contribution in [3.8, 4) is 5.75 Å². The number of unbranched alkanes of at least 4 members (excludes halogenated alkanes) is 1. The quantitative estimate of drug-likeness (QED) is 0.296. The number of fused-ring (bicyclic) bond motifs is 1. The zero-order chi connectivity index (χ0) is 24.2. The largest absolute Gasteiger partial charge is 0.463 e. The number of para-hydroxylation sites is 1. The Hall–Kier alpha value is -1.81. The van der Waals surface area contributed by atoms with Crippen LogP contribution < -0.4 is 9.64 Å². The van der Waals surface area contributed by atoms with E-state index in [9.17, 15) is 13.0 Å². The molecule has 1 atom stereocenters. The first-order valence-electron chi connectivity index (χ1n) is 10.5. The average Bonchev–Trinajstić information content (AvgIpc) is 2.85. The molecule has 2 aromatic rings. The summed E-state index contributed by atoms with van der Waals surface area (Å²) >= 11 is 1.36. The maximum Gasteiger partial charge on any atom is 0.352 e. The van der Waals surface area contributed by atoms with Gasteiger partial charge in [-0.2, -0.15) is 4.31 Å². The molecule has 3 rings (SSSR count). The second-order valence-electron chi connectivity index (χ2n) is 7.73. The van der Waals surface area contributed by atoms with Crippen LogP contribution >= 0.6 is 19.4 Å². The van der Waals surface area contributed by atoms with E-state index < -0.39 is 17.6 Å². The van der Waals surface area contributed by atoms with Gasteiger partial charge in [0, 0.05) is 31.4 Å². The summed E-state index contributed by atoms with van der Waals surface area (Å²) < 4.78 is 45.3. The lowest BCUT2D eigenvalue weighted by atomic mass is 10.1. The fraction of sp³-hybridized carbons (Fsp3) is 0.364. The van der Waals surface area contributed by atoms with Crippen LogP contribution in [0.3, 0.4) is 0 Å². The van der Waals surface area contributed by atoms with Gasteiger partial charge < -0.3 is 19.4 Å². The highest BCUT2D eigenvalue weighted by atomic mass is 32.2. The summed E-state index contributed by atoms with van der Waals surface area (Å²) in [5.41, 5.74) is 1.43. The Labute approximate surface area is 199 Å². The van der Waals surface area contributed by atoms with Crippen molar-refractivity contribution in [2.75, 3.05) is 24.7 Å². The van der Waals surface area contributed by atoms with E-state index in [4.69, 9.17) is 14.5 Å². The van der Waals surface area contributed by atoms with E-state index in [0.717, 1.165) is 31.2 Å². The van der Waals surface area contributed by atoms with E-state index in [0.29, 0.717) is 22.9 Å². The topological polar surface area (TPSA) is 107 Å². The van der Waals surface area contributed by atoms with Crippen molar-refractivity contribution in [1.82, 2.24) is 4.31 Å². The van der Waals surface area contributed by atoms with Gasteiger partial charge in [0.15, 0.2) is 0 Å². The number of ether oxygens (including phenoxy) is 1. The van der Waals surface area contributed by atoms with Crippen LogP contribution in [0.1, 0.15) is 26.2 Å². The highest BCUT2D eigenvalue weighted by Gasteiger charge is 2.37. The van der Waals surface area contributed by atoms with Crippen molar-refractivity contribution in [3.05, 3.63) is 54.5 Å². The lowest BCUT2D eigenvalue weighted by molar-refractivity contribution is 0.351. The smallest absolute Gasteiger partial charge is 0.352 e. The Balaban J connectivity index is 2.19. The molecule has 1 aliphatic heterocycles. The Kier molecular flexibility index (Phi) is 8.31. The Morgan fingerprint density at radius 3 is 2.55 bits per heavy atom. The number of benzene rings is 2. The number of hydrogen-bond donors (Lipinski definition) is 2. The van der Waals surface area contributed by atoms with E-state index >= 15 is 0 Å². The predicted molar refractivity (Wildman–Crippen MR) is 132 cm³/mol. The van der Waals surface area contributed by atoms with E-state index in [2.05, 4.69) is 6.92 Å². The molecule has 0 radical (unpaired) electrons.